The Morgan fingerprint density at radius 1 is 0.320 bits per heavy atom. The Morgan fingerprint density at radius 3 is 1.20 bits per heavy atom. The summed E-state index contributed by atoms with van der Waals surface area (Å²) in [5.74, 6) is 1.66. The second kappa shape index (κ2) is 12.7. The fraction of sp³-hybridized carbons (Fsp3) is 0. The van der Waals surface area contributed by atoms with Gasteiger partial charge in [0.05, 0.1) is 0 Å². The summed E-state index contributed by atoms with van der Waals surface area (Å²) in [5, 5.41) is 1.25. The van der Waals surface area contributed by atoms with E-state index in [9.17, 15) is 0 Å². The van der Waals surface area contributed by atoms with Crippen LogP contribution < -0.4 is 38.2 Å². The fourth-order valence-corrected chi connectivity index (χ4v) is 7.64. The van der Waals surface area contributed by atoms with Gasteiger partial charge in [-0.2, -0.15) is 0 Å². The molecule has 50 heavy (non-hydrogen) atoms. The van der Waals surface area contributed by atoms with Gasteiger partial charge in [-0.15, -0.1) is 27.7 Å². The van der Waals surface area contributed by atoms with Gasteiger partial charge in [-0.1, -0.05) is 131 Å². The van der Waals surface area contributed by atoms with Gasteiger partial charge in [-0.3, -0.25) is 0 Å². The Bertz CT molecular complexity index is 2590. The van der Waals surface area contributed by atoms with Gasteiger partial charge < -0.3 is 0 Å². The Kier molecular flexibility index (Phi) is 8.19. The van der Waals surface area contributed by atoms with Gasteiger partial charge in [0.15, 0.2) is 17.5 Å². The maximum Gasteiger partial charge on any atom is 0.164 e. The van der Waals surface area contributed by atoms with Crippen molar-refractivity contribution >= 4 is 125 Å². The zero-order valence-corrected chi connectivity index (χ0v) is 27.5. The molecule has 8 rings (SSSR count). The second-order valence-corrected chi connectivity index (χ2v) is 13.0. The minimum atomic E-state index is 0.203. The summed E-state index contributed by atoms with van der Waals surface area (Å²) in [5.41, 5.74) is 8.26. The highest BCUT2D eigenvalue weighted by atomic mass is 32.1. The van der Waals surface area contributed by atoms with Crippen molar-refractivity contribution in [2.75, 3.05) is 0 Å². The van der Waals surface area contributed by atoms with Crippen molar-refractivity contribution < 1.29 is 0 Å². The smallest absolute Gasteiger partial charge is 0.164 e. The monoisotopic (exact) mass is 637 g/mol. The normalized spacial score (nSPS) is 11.4. The minimum Gasteiger partial charge on any atom is -0.208 e. The molecule has 0 saturated heterocycles. The van der Waals surface area contributed by atoms with Gasteiger partial charge in [0.1, 0.15) is 54.9 Å². The van der Waals surface area contributed by atoms with E-state index in [0.717, 1.165) is 38.1 Å². The molecule has 0 aliphatic carbocycles. The number of rotatable bonds is 5. The first-order chi connectivity index (χ1) is 24.2. The molecule has 0 N–H and O–H groups in total. The first kappa shape index (κ1) is 32.2. The summed E-state index contributed by atoms with van der Waals surface area (Å²) in [6, 6.07) is 36.1. The van der Waals surface area contributed by atoms with Crippen molar-refractivity contribution in [3.63, 3.8) is 0 Å². The highest BCUT2D eigenvalue weighted by Crippen LogP contribution is 2.36. The topological polar surface area (TPSA) is 38.7 Å². The molecule has 14 radical (unpaired) electrons. The molecule has 0 saturated carbocycles. The lowest BCUT2D eigenvalue weighted by Gasteiger charge is -2.18. The predicted octanol–water partition coefficient (Wildman–Crippen LogP) is 2.13. The zero-order valence-electron chi connectivity index (χ0n) is 26.7. The average molecular weight is 636 g/mol. The van der Waals surface area contributed by atoms with Crippen LogP contribution in [0.15, 0.2) is 109 Å². The van der Waals surface area contributed by atoms with E-state index in [4.69, 9.17) is 69.9 Å². The lowest BCUT2D eigenvalue weighted by atomic mass is 9.64. The average Bonchev–Trinajstić information content (AvgIpc) is 3.57. The van der Waals surface area contributed by atoms with Crippen LogP contribution in [0.3, 0.4) is 0 Å². The third kappa shape index (κ3) is 5.36. The largest absolute Gasteiger partial charge is 0.208 e. The maximum absolute atomic E-state index is 6.66. The van der Waals surface area contributed by atoms with Crippen molar-refractivity contribution in [2.24, 2.45) is 0 Å². The molecule has 3 nitrogen and oxygen atoms in total. The van der Waals surface area contributed by atoms with Crippen LogP contribution in [0, 0.1) is 0 Å². The summed E-state index contributed by atoms with van der Waals surface area (Å²) in [6.45, 7) is 0. The number of thiophene rings is 1. The molecule has 0 spiro atoms. The van der Waals surface area contributed by atoms with Gasteiger partial charge in [-0.05, 0) is 33.0 Å². The van der Waals surface area contributed by atoms with E-state index in [0.29, 0.717) is 60.4 Å². The number of fused-ring (bicyclic) bond motifs is 3. The highest BCUT2D eigenvalue weighted by Gasteiger charge is 2.21. The molecule has 2 heterocycles. The molecule has 2 aromatic heterocycles. The maximum atomic E-state index is 6.66. The molecule has 0 atom stereocenters. The molecule has 8 aromatic rings. The van der Waals surface area contributed by atoms with E-state index >= 15 is 0 Å². The van der Waals surface area contributed by atoms with Crippen molar-refractivity contribution in [1.82, 2.24) is 15.0 Å². The van der Waals surface area contributed by atoms with E-state index in [2.05, 4.69) is 24.3 Å². The first-order valence-corrected chi connectivity index (χ1v) is 16.6. The van der Waals surface area contributed by atoms with Crippen molar-refractivity contribution in [1.29, 1.82) is 0 Å². The van der Waals surface area contributed by atoms with Crippen LogP contribution >= 0.6 is 11.3 Å². The summed E-state index contributed by atoms with van der Waals surface area (Å²) >= 11 is 1.39. The van der Waals surface area contributed by atoms with E-state index < -0.39 is 0 Å². The van der Waals surface area contributed by atoms with Gasteiger partial charge in [0.25, 0.3) is 0 Å². The van der Waals surface area contributed by atoms with Crippen molar-refractivity contribution in [3.8, 4) is 56.4 Å². The summed E-state index contributed by atoms with van der Waals surface area (Å²) in [6.07, 6.45) is 0. The van der Waals surface area contributed by atoms with Crippen LogP contribution in [-0.4, -0.2) is 69.9 Å². The lowest BCUT2D eigenvalue weighted by molar-refractivity contribution is 1.07. The minimum absolute atomic E-state index is 0.203. The molecule has 216 valence electrons. The van der Waals surface area contributed by atoms with E-state index in [1.807, 2.05) is 84.9 Å². The summed E-state index contributed by atoms with van der Waals surface area (Å²) in [4.78, 5) is 14.7. The van der Waals surface area contributed by atoms with Gasteiger partial charge in [0.2, 0.25) is 0 Å². The SMILES string of the molecule is [B]c1c([B])c([B])c2c(sc3c(-c4ccc(-c5nc(-c6ccccc6)nc(-c6ccc(-c7ccccc7)cc6)n5)cc4)c([B])c([B])c([B])c32)c1[B]. The lowest BCUT2D eigenvalue weighted by Crippen LogP contribution is -2.47. The third-order valence-corrected chi connectivity index (χ3v) is 10.2. The van der Waals surface area contributed by atoms with Gasteiger partial charge >= 0.3 is 0 Å². The summed E-state index contributed by atoms with van der Waals surface area (Å²) in [7, 11) is 45.0. The fourth-order valence-electron chi connectivity index (χ4n) is 6.26. The zero-order chi connectivity index (χ0) is 34.7. The molecule has 0 aliphatic heterocycles. The molecule has 0 unspecified atom stereocenters. The molecular weight excluding hydrogens is 618 g/mol. The van der Waals surface area contributed by atoms with Crippen LogP contribution in [0.5, 0.6) is 0 Å². The first-order valence-electron chi connectivity index (χ1n) is 15.7. The van der Waals surface area contributed by atoms with Crippen molar-refractivity contribution in [3.05, 3.63) is 109 Å². The molecule has 0 aliphatic rings. The van der Waals surface area contributed by atoms with Crippen LogP contribution in [0.25, 0.3) is 76.6 Å². The van der Waals surface area contributed by atoms with E-state index in [-0.39, 0.29) is 16.4 Å². The molecule has 0 bridgehead atoms. The highest BCUT2D eigenvalue weighted by molar-refractivity contribution is 7.28. The number of hydrogen-bond acceptors (Lipinski definition) is 4. The second-order valence-electron chi connectivity index (χ2n) is 12.0. The molecule has 11 heteroatoms. The van der Waals surface area contributed by atoms with Crippen LogP contribution in [0.4, 0.5) is 0 Å². The quantitative estimate of drug-likeness (QED) is 0.272. The predicted molar refractivity (Wildman–Crippen MR) is 218 cm³/mol. The van der Waals surface area contributed by atoms with Crippen molar-refractivity contribution in [2.45, 2.75) is 0 Å². The Labute approximate surface area is 303 Å². The molecule has 6 aromatic carbocycles. The number of benzene rings is 6. The van der Waals surface area contributed by atoms with E-state index in [1.165, 1.54) is 11.3 Å². The standard InChI is InChI=1S/C39H18B7N3S/c40-28-25(35-26(29(41)31(28)43)27-30(42)32(44)33(45)34(46)36(27)50-35)21-13-17-24(18-14-21)39-48-37(22-9-5-2-6-10-22)47-38(49-39)23-15-11-20(12-16-23)19-7-3-1-4-8-19/h1-18H. The van der Waals surface area contributed by atoms with Crippen LogP contribution in [-0.2, 0) is 0 Å². The van der Waals surface area contributed by atoms with Crippen LogP contribution in [0.2, 0.25) is 0 Å². The Balaban J connectivity index is 1.25. The number of nitrogens with zero attached hydrogens (tertiary/aromatic N) is 3. The Morgan fingerprint density at radius 2 is 0.680 bits per heavy atom. The van der Waals surface area contributed by atoms with Gasteiger partial charge in [0, 0.05) is 26.1 Å². The number of aromatic nitrogens is 3. The third-order valence-electron chi connectivity index (χ3n) is 8.99. The van der Waals surface area contributed by atoms with Crippen LogP contribution in [0.1, 0.15) is 0 Å². The number of hydrogen-bond donors (Lipinski definition) is 0. The summed E-state index contributed by atoms with van der Waals surface area (Å²) < 4.78 is 1.44. The molecule has 0 amide bonds. The van der Waals surface area contributed by atoms with E-state index in [1.54, 1.807) is 0 Å². The van der Waals surface area contributed by atoms with Gasteiger partial charge in [-0.25, -0.2) is 15.0 Å². The molecular formula is C39H18B7N3S. The Hall–Kier alpha value is -5.00. The molecule has 0 fully saturated rings.